The Morgan fingerprint density at radius 2 is 2.18 bits per heavy atom. The molecule has 1 heterocycles. The zero-order valence-corrected chi connectivity index (χ0v) is 7.64. The lowest BCUT2D eigenvalue weighted by Crippen LogP contribution is -2.35. The molecule has 0 aliphatic carbocycles. The van der Waals surface area contributed by atoms with Crippen molar-refractivity contribution in [3.8, 4) is 0 Å². The molecule has 0 amide bonds. The molecule has 1 aliphatic rings. The molecular weight excluding hydrogens is 138 g/mol. The molecule has 1 aliphatic heterocycles. The Morgan fingerprint density at radius 3 is 2.64 bits per heavy atom. The van der Waals surface area contributed by atoms with E-state index < -0.39 is 0 Å². The van der Waals surface area contributed by atoms with E-state index in [4.69, 9.17) is 4.74 Å². The standard InChI is InChI=1S/C9H15NO/c1-5-8-9(3,4)11-6-7(2)10-8/h6H,5H2,1-4H3. The van der Waals surface area contributed by atoms with Crippen LogP contribution < -0.4 is 0 Å². The van der Waals surface area contributed by atoms with Crippen LogP contribution in [-0.2, 0) is 4.74 Å². The molecule has 0 aromatic rings. The van der Waals surface area contributed by atoms with Crippen LogP contribution in [0.3, 0.4) is 0 Å². The van der Waals surface area contributed by atoms with Gasteiger partial charge in [-0.05, 0) is 27.2 Å². The van der Waals surface area contributed by atoms with Crippen LogP contribution in [0.25, 0.3) is 0 Å². The molecule has 0 radical (unpaired) electrons. The van der Waals surface area contributed by atoms with Gasteiger partial charge in [-0.25, -0.2) is 0 Å². The van der Waals surface area contributed by atoms with E-state index >= 15 is 0 Å². The topological polar surface area (TPSA) is 21.6 Å². The van der Waals surface area contributed by atoms with Gasteiger partial charge in [0, 0.05) is 0 Å². The number of allylic oxidation sites excluding steroid dienone is 1. The molecule has 1 rings (SSSR count). The second kappa shape index (κ2) is 2.68. The summed E-state index contributed by atoms with van der Waals surface area (Å²) in [5.74, 6) is 0. The second-order valence-electron chi connectivity index (χ2n) is 3.30. The lowest BCUT2D eigenvalue weighted by atomic mass is 9.99. The smallest absolute Gasteiger partial charge is 0.140 e. The molecule has 11 heavy (non-hydrogen) atoms. The van der Waals surface area contributed by atoms with Crippen molar-refractivity contribution < 1.29 is 4.74 Å². The second-order valence-corrected chi connectivity index (χ2v) is 3.30. The van der Waals surface area contributed by atoms with Crippen LogP contribution in [0, 0.1) is 0 Å². The normalized spacial score (nSPS) is 21.8. The van der Waals surface area contributed by atoms with Gasteiger partial charge >= 0.3 is 0 Å². The highest BCUT2D eigenvalue weighted by Gasteiger charge is 2.26. The Balaban J connectivity index is 2.89. The first-order chi connectivity index (χ1) is 5.06. The predicted octanol–water partition coefficient (Wildman–Crippen LogP) is 2.51. The van der Waals surface area contributed by atoms with E-state index in [1.807, 2.05) is 20.8 Å². The quantitative estimate of drug-likeness (QED) is 0.567. The lowest BCUT2D eigenvalue weighted by molar-refractivity contribution is 0.115. The molecule has 2 heteroatoms. The van der Waals surface area contributed by atoms with Gasteiger partial charge in [0.1, 0.15) is 11.9 Å². The summed E-state index contributed by atoms with van der Waals surface area (Å²) in [7, 11) is 0. The molecule has 0 bridgehead atoms. The molecule has 0 N–H and O–H groups in total. The molecule has 0 fully saturated rings. The average Bonchev–Trinajstić information content (AvgIpc) is 1.94. The highest BCUT2D eigenvalue weighted by molar-refractivity contribution is 5.93. The highest BCUT2D eigenvalue weighted by atomic mass is 16.5. The first-order valence-electron chi connectivity index (χ1n) is 3.99. The van der Waals surface area contributed by atoms with Crippen molar-refractivity contribution in [1.82, 2.24) is 0 Å². The van der Waals surface area contributed by atoms with Crippen LogP contribution >= 0.6 is 0 Å². The zero-order valence-electron chi connectivity index (χ0n) is 7.64. The van der Waals surface area contributed by atoms with Crippen molar-refractivity contribution in [2.24, 2.45) is 4.99 Å². The summed E-state index contributed by atoms with van der Waals surface area (Å²) in [5.41, 5.74) is 1.88. The van der Waals surface area contributed by atoms with Gasteiger partial charge in [-0.3, -0.25) is 4.99 Å². The molecule has 0 spiro atoms. The maximum Gasteiger partial charge on any atom is 0.140 e. The zero-order chi connectivity index (χ0) is 8.48. The molecule has 62 valence electrons. The van der Waals surface area contributed by atoms with Crippen molar-refractivity contribution in [1.29, 1.82) is 0 Å². The van der Waals surface area contributed by atoms with E-state index in [0.717, 1.165) is 17.8 Å². The van der Waals surface area contributed by atoms with Gasteiger partial charge in [0.05, 0.1) is 11.4 Å². The molecule has 0 aromatic carbocycles. The van der Waals surface area contributed by atoms with Crippen LogP contribution in [-0.4, -0.2) is 11.3 Å². The Labute approximate surface area is 68.0 Å². The summed E-state index contributed by atoms with van der Waals surface area (Å²) >= 11 is 0. The fourth-order valence-corrected chi connectivity index (χ4v) is 1.18. The van der Waals surface area contributed by atoms with Gasteiger partial charge in [-0.1, -0.05) is 6.92 Å². The number of hydrogen-bond donors (Lipinski definition) is 0. The van der Waals surface area contributed by atoms with E-state index in [1.54, 1.807) is 6.26 Å². The third-order valence-electron chi connectivity index (χ3n) is 1.87. The van der Waals surface area contributed by atoms with Crippen molar-refractivity contribution in [2.75, 3.05) is 0 Å². The SMILES string of the molecule is CCC1=NC(C)=COC1(C)C. The summed E-state index contributed by atoms with van der Waals surface area (Å²) in [4.78, 5) is 4.41. The Bertz CT molecular complexity index is 214. The Morgan fingerprint density at radius 1 is 1.55 bits per heavy atom. The van der Waals surface area contributed by atoms with Crippen LogP contribution in [0.4, 0.5) is 0 Å². The molecule has 0 saturated carbocycles. The monoisotopic (exact) mass is 153 g/mol. The third-order valence-corrected chi connectivity index (χ3v) is 1.87. The van der Waals surface area contributed by atoms with Gasteiger partial charge in [-0.2, -0.15) is 0 Å². The number of aliphatic imine (C=N–C) groups is 1. The summed E-state index contributed by atoms with van der Waals surface area (Å²) in [5, 5.41) is 0. The third kappa shape index (κ3) is 1.62. The summed E-state index contributed by atoms with van der Waals surface area (Å²) in [6.45, 7) is 8.13. The van der Waals surface area contributed by atoms with Crippen LogP contribution in [0.5, 0.6) is 0 Å². The van der Waals surface area contributed by atoms with E-state index in [0.29, 0.717) is 0 Å². The molecular formula is C9H15NO. The summed E-state index contributed by atoms with van der Waals surface area (Å²) in [6, 6.07) is 0. The largest absolute Gasteiger partial charge is 0.488 e. The average molecular weight is 153 g/mol. The minimum absolute atomic E-state index is 0.200. The summed E-state index contributed by atoms with van der Waals surface area (Å²) < 4.78 is 5.49. The minimum atomic E-state index is -0.200. The number of rotatable bonds is 1. The van der Waals surface area contributed by atoms with Gasteiger partial charge in [0.2, 0.25) is 0 Å². The number of hydrogen-bond acceptors (Lipinski definition) is 2. The fraction of sp³-hybridized carbons (Fsp3) is 0.667. The van der Waals surface area contributed by atoms with Gasteiger partial charge in [-0.15, -0.1) is 0 Å². The van der Waals surface area contributed by atoms with Crippen LogP contribution in [0.15, 0.2) is 17.0 Å². The molecule has 0 aromatic heterocycles. The van der Waals surface area contributed by atoms with Gasteiger partial charge in [0.25, 0.3) is 0 Å². The number of nitrogens with zero attached hydrogens (tertiary/aromatic N) is 1. The maximum absolute atomic E-state index is 5.49. The van der Waals surface area contributed by atoms with Crippen molar-refractivity contribution in [3.63, 3.8) is 0 Å². The van der Waals surface area contributed by atoms with Crippen molar-refractivity contribution >= 4 is 5.71 Å². The maximum atomic E-state index is 5.49. The Kier molecular flexibility index (Phi) is 2.03. The molecule has 0 saturated heterocycles. The van der Waals surface area contributed by atoms with Crippen LogP contribution in [0.2, 0.25) is 0 Å². The van der Waals surface area contributed by atoms with E-state index in [9.17, 15) is 0 Å². The molecule has 0 unspecified atom stereocenters. The minimum Gasteiger partial charge on any atom is -0.488 e. The van der Waals surface area contributed by atoms with Gasteiger partial charge in [0.15, 0.2) is 0 Å². The first kappa shape index (κ1) is 8.31. The first-order valence-corrected chi connectivity index (χ1v) is 3.99. The lowest BCUT2D eigenvalue weighted by Gasteiger charge is -2.29. The summed E-state index contributed by atoms with van der Waals surface area (Å²) in [6.07, 6.45) is 2.68. The van der Waals surface area contributed by atoms with E-state index in [-0.39, 0.29) is 5.60 Å². The predicted molar refractivity (Wildman–Crippen MR) is 46.6 cm³/mol. The van der Waals surface area contributed by atoms with E-state index in [2.05, 4.69) is 11.9 Å². The fourth-order valence-electron chi connectivity index (χ4n) is 1.18. The number of ether oxygens (including phenoxy) is 1. The Hall–Kier alpha value is -0.790. The highest BCUT2D eigenvalue weighted by Crippen LogP contribution is 2.21. The molecule has 2 nitrogen and oxygen atoms in total. The van der Waals surface area contributed by atoms with Gasteiger partial charge < -0.3 is 4.74 Å². The van der Waals surface area contributed by atoms with Crippen LogP contribution in [0.1, 0.15) is 34.1 Å². The van der Waals surface area contributed by atoms with Crippen molar-refractivity contribution in [2.45, 2.75) is 39.7 Å². The van der Waals surface area contributed by atoms with Crippen molar-refractivity contribution in [3.05, 3.63) is 12.0 Å². The van der Waals surface area contributed by atoms with E-state index in [1.165, 1.54) is 0 Å². The molecule has 0 atom stereocenters.